The molecule has 4 aromatic rings. The van der Waals surface area contributed by atoms with Crippen molar-refractivity contribution in [1.82, 2.24) is 10.3 Å². The topological polar surface area (TPSA) is 142 Å². The number of rotatable bonds is 10. The molecular formula is C28H30N2O7. The molecule has 9 heteroatoms. The number of phenolic OH excluding ortho intramolecular Hbond substituents is 1. The Morgan fingerprint density at radius 1 is 1.16 bits per heavy atom. The van der Waals surface area contributed by atoms with E-state index in [1.807, 2.05) is 6.92 Å². The zero-order chi connectivity index (χ0) is 26.7. The van der Waals surface area contributed by atoms with Crippen molar-refractivity contribution in [3.05, 3.63) is 69.7 Å². The minimum atomic E-state index is -1.22. The molecule has 2 atom stereocenters. The third-order valence-corrected chi connectivity index (χ3v) is 6.30. The van der Waals surface area contributed by atoms with Gasteiger partial charge in [0.2, 0.25) is 0 Å². The first-order valence-electron chi connectivity index (χ1n) is 12.2. The molecule has 2 heterocycles. The van der Waals surface area contributed by atoms with Crippen LogP contribution in [0.15, 0.2) is 51.8 Å². The summed E-state index contributed by atoms with van der Waals surface area (Å²) >= 11 is 0. The van der Waals surface area contributed by atoms with Crippen molar-refractivity contribution >= 4 is 33.7 Å². The number of ether oxygens (including phenoxy) is 1. The number of phenols is 1. The van der Waals surface area contributed by atoms with Crippen LogP contribution in [0.25, 0.3) is 21.9 Å². The quantitative estimate of drug-likeness (QED) is 0.236. The van der Waals surface area contributed by atoms with Crippen molar-refractivity contribution in [1.29, 1.82) is 0 Å². The van der Waals surface area contributed by atoms with E-state index >= 15 is 0 Å². The van der Waals surface area contributed by atoms with Gasteiger partial charge in [-0.3, -0.25) is 4.79 Å². The van der Waals surface area contributed by atoms with Crippen LogP contribution < -0.4 is 15.7 Å². The molecule has 9 nitrogen and oxygen atoms in total. The third-order valence-electron chi connectivity index (χ3n) is 6.30. The summed E-state index contributed by atoms with van der Waals surface area (Å²) in [4.78, 5) is 40.1. The van der Waals surface area contributed by atoms with E-state index in [0.717, 1.165) is 29.5 Å². The number of aryl methyl sites for hydroxylation is 2. The summed E-state index contributed by atoms with van der Waals surface area (Å²) < 4.78 is 11.4. The summed E-state index contributed by atoms with van der Waals surface area (Å²) in [7, 11) is 0. The highest BCUT2D eigenvalue weighted by Crippen LogP contribution is 2.31. The second-order valence-electron chi connectivity index (χ2n) is 9.24. The maximum Gasteiger partial charge on any atom is 0.336 e. The first-order valence-corrected chi connectivity index (χ1v) is 12.2. The Labute approximate surface area is 213 Å². The number of nitrogens with one attached hydrogen (secondary N) is 2. The molecule has 0 aliphatic carbocycles. The van der Waals surface area contributed by atoms with E-state index in [4.69, 9.17) is 9.15 Å². The van der Waals surface area contributed by atoms with Gasteiger partial charge in [-0.1, -0.05) is 13.3 Å². The molecular weight excluding hydrogens is 476 g/mol. The summed E-state index contributed by atoms with van der Waals surface area (Å²) in [6.45, 7) is 5.42. The SMILES string of the molecule is CCCCc1cc(=O)oc2cc(C)cc(O[C@H](C)C(=O)N[C@H](Cc3c[nH]c4ccc(O)cc34)C(=O)O)c12. The Morgan fingerprint density at radius 3 is 2.68 bits per heavy atom. The average molecular weight is 507 g/mol. The van der Waals surface area contributed by atoms with Gasteiger partial charge in [-0.2, -0.15) is 0 Å². The van der Waals surface area contributed by atoms with E-state index in [0.29, 0.717) is 34.1 Å². The fraction of sp³-hybridized carbons (Fsp3) is 0.321. The number of hydrogen-bond donors (Lipinski definition) is 4. The smallest absolute Gasteiger partial charge is 0.336 e. The lowest BCUT2D eigenvalue weighted by molar-refractivity contribution is -0.142. The predicted octanol–water partition coefficient (Wildman–Crippen LogP) is 4.21. The molecule has 4 N–H and O–H groups in total. The number of aromatic nitrogens is 1. The molecule has 37 heavy (non-hydrogen) atoms. The molecule has 0 unspecified atom stereocenters. The van der Waals surface area contributed by atoms with Crippen molar-refractivity contribution in [2.75, 3.05) is 0 Å². The molecule has 4 rings (SSSR count). The van der Waals surface area contributed by atoms with Crippen molar-refractivity contribution < 1.29 is 29.0 Å². The van der Waals surface area contributed by atoms with Crippen LogP contribution in [0.1, 0.15) is 43.4 Å². The second-order valence-corrected chi connectivity index (χ2v) is 9.24. The molecule has 2 aromatic heterocycles. The molecule has 1 amide bonds. The van der Waals surface area contributed by atoms with Crippen LogP contribution in [-0.2, 0) is 22.4 Å². The molecule has 2 aromatic carbocycles. The van der Waals surface area contributed by atoms with E-state index < -0.39 is 29.6 Å². The van der Waals surface area contributed by atoms with Gasteiger partial charge >= 0.3 is 11.6 Å². The van der Waals surface area contributed by atoms with Crippen molar-refractivity contribution in [3.63, 3.8) is 0 Å². The van der Waals surface area contributed by atoms with Crippen LogP contribution >= 0.6 is 0 Å². The zero-order valence-electron chi connectivity index (χ0n) is 21.0. The third kappa shape index (κ3) is 5.77. The molecule has 0 saturated heterocycles. The Bertz CT molecular complexity index is 1520. The summed E-state index contributed by atoms with van der Waals surface area (Å²) in [6, 6.07) is 8.54. The van der Waals surface area contributed by atoms with Gasteiger partial charge in [-0.25, -0.2) is 9.59 Å². The monoisotopic (exact) mass is 506 g/mol. The standard InChI is InChI=1S/C28H30N2O7/c1-4-5-6-17-12-25(32)37-24-10-15(2)9-23(26(17)24)36-16(3)27(33)30-22(28(34)35)11-18-14-29-21-8-7-19(31)13-20(18)21/h7-10,12-14,16,22,29,31H,4-6,11H2,1-3H3,(H,30,33)(H,34,35)/t16-,22-/m1/s1. The van der Waals surface area contributed by atoms with Gasteiger partial charge in [0.05, 0.1) is 5.39 Å². The van der Waals surface area contributed by atoms with Gasteiger partial charge in [0, 0.05) is 29.6 Å². The summed E-state index contributed by atoms with van der Waals surface area (Å²) in [5, 5.41) is 23.5. The van der Waals surface area contributed by atoms with Gasteiger partial charge in [0.15, 0.2) is 6.10 Å². The van der Waals surface area contributed by atoms with Crippen molar-refractivity contribution in [2.24, 2.45) is 0 Å². The molecule has 0 radical (unpaired) electrons. The number of carboxylic acid groups (broad SMARTS) is 1. The Kier molecular flexibility index (Phi) is 7.52. The highest BCUT2D eigenvalue weighted by atomic mass is 16.5. The average Bonchev–Trinajstić information content (AvgIpc) is 3.22. The first kappa shape index (κ1) is 25.8. The minimum Gasteiger partial charge on any atom is -0.508 e. The zero-order valence-corrected chi connectivity index (χ0v) is 21.0. The summed E-state index contributed by atoms with van der Waals surface area (Å²) in [5.41, 5.74) is 2.89. The number of aromatic amines is 1. The van der Waals surface area contributed by atoms with Gasteiger partial charge < -0.3 is 29.7 Å². The number of benzene rings is 2. The lowest BCUT2D eigenvalue weighted by Crippen LogP contribution is -2.47. The van der Waals surface area contributed by atoms with Crippen LogP contribution in [0, 0.1) is 6.92 Å². The van der Waals surface area contributed by atoms with Gasteiger partial charge in [-0.05, 0) is 73.7 Å². The van der Waals surface area contributed by atoms with Gasteiger partial charge in [-0.15, -0.1) is 0 Å². The van der Waals surface area contributed by atoms with E-state index in [9.17, 15) is 24.6 Å². The molecule has 0 fully saturated rings. The maximum absolute atomic E-state index is 13.0. The van der Waals surface area contributed by atoms with Crippen LogP contribution in [0.3, 0.4) is 0 Å². The second kappa shape index (κ2) is 10.8. The summed E-state index contributed by atoms with van der Waals surface area (Å²) in [5.74, 6) is -1.34. The van der Waals surface area contributed by atoms with E-state index in [2.05, 4.69) is 17.2 Å². The maximum atomic E-state index is 13.0. The minimum absolute atomic E-state index is 0.0109. The van der Waals surface area contributed by atoms with E-state index in [1.54, 1.807) is 30.5 Å². The molecule has 0 saturated carbocycles. The Hall–Kier alpha value is -4.27. The van der Waals surface area contributed by atoms with E-state index in [-0.39, 0.29) is 12.2 Å². The van der Waals surface area contributed by atoms with Crippen LogP contribution in [0.5, 0.6) is 11.5 Å². The molecule has 0 aliphatic rings. The number of H-pyrrole nitrogens is 1. The van der Waals surface area contributed by atoms with Gasteiger partial charge in [0.25, 0.3) is 5.91 Å². The number of carboxylic acids is 1. The van der Waals surface area contributed by atoms with E-state index in [1.165, 1.54) is 19.1 Å². The Balaban J connectivity index is 1.56. The number of carbonyl (C=O) groups excluding carboxylic acids is 1. The number of aliphatic carboxylic acids is 1. The number of aromatic hydroxyl groups is 1. The van der Waals surface area contributed by atoms with Gasteiger partial charge in [0.1, 0.15) is 23.1 Å². The number of amides is 1. The molecule has 0 bridgehead atoms. The fourth-order valence-corrected chi connectivity index (χ4v) is 4.42. The first-order chi connectivity index (χ1) is 17.7. The number of carbonyl (C=O) groups is 2. The lowest BCUT2D eigenvalue weighted by Gasteiger charge is -2.20. The largest absolute Gasteiger partial charge is 0.508 e. The number of unbranched alkanes of at least 4 members (excludes halogenated alkanes) is 1. The van der Waals surface area contributed by atoms with Crippen molar-refractivity contribution in [2.45, 2.75) is 58.6 Å². The van der Waals surface area contributed by atoms with Crippen LogP contribution in [-0.4, -0.2) is 39.2 Å². The summed E-state index contributed by atoms with van der Waals surface area (Å²) in [6.07, 6.45) is 3.11. The Morgan fingerprint density at radius 2 is 1.95 bits per heavy atom. The van der Waals surface area contributed by atoms with Crippen LogP contribution in [0.4, 0.5) is 0 Å². The fourth-order valence-electron chi connectivity index (χ4n) is 4.42. The van der Waals surface area contributed by atoms with Crippen molar-refractivity contribution in [3.8, 4) is 11.5 Å². The number of hydrogen-bond acceptors (Lipinski definition) is 6. The highest BCUT2D eigenvalue weighted by Gasteiger charge is 2.26. The molecule has 0 spiro atoms. The molecule has 0 aliphatic heterocycles. The highest BCUT2D eigenvalue weighted by molar-refractivity contribution is 5.90. The van der Waals surface area contributed by atoms with Crippen LogP contribution in [0.2, 0.25) is 0 Å². The lowest BCUT2D eigenvalue weighted by atomic mass is 10.0. The predicted molar refractivity (Wildman–Crippen MR) is 139 cm³/mol. The normalized spacial score (nSPS) is 12.9. The number of fused-ring (bicyclic) bond motifs is 2. The molecule has 194 valence electrons.